The molecule has 0 aliphatic rings. The first-order valence-electron chi connectivity index (χ1n) is 14.9. The van der Waals surface area contributed by atoms with Crippen molar-refractivity contribution in [3.63, 3.8) is 0 Å². The smallest absolute Gasteiger partial charge is 0.332 e. The highest BCUT2D eigenvalue weighted by Crippen LogP contribution is 2.13. The van der Waals surface area contributed by atoms with Gasteiger partial charge in [0.1, 0.15) is 25.6 Å². The fourth-order valence-corrected chi connectivity index (χ4v) is 3.88. The molecule has 13 nitrogen and oxygen atoms in total. The number of nitrogens with one attached hydrogen (secondary N) is 2. The molecule has 0 saturated carbocycles. The minimum Gasteiger partial charge on any atom is -0.491 e. The lowest BCUT2D eigenvalue weighted by molar-refractivity contribution is -0.147. The van der Waals surface area contributed by atoms with Crippen LogP contribution in [0.15, 0.2) is 54.6 Å². The number of benzene rings is 2. The molecule has 0 aliphatic heterocycles. The highest BCUT2D eigenvalue weighted by atomic mass is 16.5. The predicted molar refractivity (Wildman–Crippen MR) is 169 cm³/mol. The molecule has 2 amide bonds. The Morgan fingerprint density at radius 3 is 2.07 bits per heavy atom. The van der Waals surface area contributed by atoms with E-state index in [1.807, 2.05) is 30.3 Å². The summed E-state index contributed by atoms with van der Waals surface area (Å²) in [7, 11) is 0. The van der Waals surface area contributed by atoms with Crippen molar-refractivity contribution in [3.05, 3.63) is 65.7 Å². The average molecular weight is 647 g/mol. The summed E-state index contributed by atoms with van der Waals surface area (Å²) in [6.45, 7) is 1.24. The summed E-state index contributed by atoms with van der Waals surface area (Å²) in [6.07, 6.45) is 3.22. The van der Waals surface area contributed by atoms with E-state index in [4.69, 9.17) is 36.0 Å². The molecule has 0 aromatic heterocycles. The van der Waals surface area contributed by atoms with Crippen LogP contribution in [0.25, 0.3) is 0 Å². The second-order valence-electron chi connectivity index (χ2n) is 10.1. The van der Waals surface area contributed by atoms with Gasteiger partial charge in [0.15, 0.2) is 6.10 Å². The Hall–Kier alpha value is -4.03. The number of rotatable bonds is 22. The maximum atomic E-state index is 12.2. The standard InChI is InChI=1S/C26H38N2O10.C7H8O/c1-2-11-36-12-13-37-14-15-38-22-8-3-19(4-9-22)16-24(32)27-17-21(30)7-5-20(28-25(33)18-29)6-10-23(31)26(34)35;8-6-7-4-2-1-3-5-7/h1,3-4,8-9,20-21,23,29-31H,5-7,10-18H2,(H,27,32)(H,28,33)(H,34,35);1-5,8H,6H2. The molecule has 0 saturated heterocycles. The van der Waals surface area contributed by atoms with E-state index in [2.05, 4.69) is 16.6 Å². The molecule has 7 N–H and O–H groups in total. The number of carboxylic acid groups (broad SMARTS) is 1. The van der Waals surface area contributed by atoms with Crippen LogP contribution in [0, 0.1) is 12.3 Å². The van der Waals surface area contributed by atoms with Gasteiger partial charge in [-0.25, -0.2) is 4.79 Å². The van der Waals surface area contributed by atoms with Gasteiger partial charge in [0, 0.05) is 12.6 Å². The van der Waals surface area contributed by atoms with Gasteiger partial charge in [0.2, 0.25) is 11.8 Å². The van der Waals surface area contributed by atoms with Crippen LogP contribution in [-0.4, -0.2) is 108 Å². The number of terminal acetylenes is 1. The van der Waals surface area contributed by atoms with E-state index < -0.39 is 36.7 Å². The van der Waals surface area contributed by atoms with Crippen LogP contribution in [0.3, 0.4) is 0 Å². The van der Waals surface area contributed by atoms with Crippen molar-refractivity contribution in [2.24, 2.45) is 0 Å². The molecule has 254 valence electrons. The summed E-state index contributed by atoms with van der Waals surface area (Å²) in [4.78, 5) is 34.5. The zero-order chi connectivity index (χ0) is 34.0. The maximum Gasteiger partial charge on any atom is 0.332 e. The molecular formula is C33H46N2O11. The van der Waals surface area contributed by atoms with Crippen molar-refractivity contribution in [1.82, 2.24) is 10.6 Å². The molecule has 0 fully saturated rings. The fourth-order valence-electron chi connectivity index (χ4n) is 3.88. The first kappa shape index (κ1) is 40.0. The fraction of sp³-hybridized carbons (Fsp3) is 0.485. The van der Waals surface area contributed by atoms with E-state index in [1.165, 1.54) is 0 Å². The van der Waals surface area contributed by atoms with Gasteiger partial charge in [-0.05, 0) is 48.9 Å². The minimum atomic E-state index is -1.57. The van der Waals surface area contributed by atoms with Crippen LogP contribution in [0.4, 0.5) is 0 Å². The Bertz CT molecular complexity index is 1160. The van der Waals surface area contributed by atoms with Gasteiger partial charge >= 0.3 is 5.97 Å². The molecule has 2 aromatic carbocycles. The Morgan fingerprint density at radius 2 is 1.46 bits per heavy atom. The summed E-state index contributed by atoms with van der Waals surface area (Å²) < 4.78 is 16.0. The number of carbonyl (C=O) groups is 3. The second-order valence-corrected chi connectivity index (χ2v) is 10.1. The zero-order valence-corrected chi connectivity index (χ0v) is 25.9. The van der Waals surface area contributed by atoms with Crippen molar-refractivity contribution < 1.29 is 54.1 Å². The summed E-state index contributed by atoms with van der Waals surface area (Å²) in [5, 5.41) is 51.1. The lowest BCUT2D eigenvalue weighted by Gasteiger charge is -2.21. The molecular weight excluding hydrogens is 600 g/mol. The number of ether oxygens (including phenoxy) is 3. The number of aliphatic hydroxyl groups excluding tert-OH is 4. The molecule has 3 unspecified atom stereocenters. The number of aliphatic carboxylic acids is 1. The van der Waals surface area contributed by atoms with Gasteiger partial charge in [-0.3, -0.25) is 9.59 Å². The monoisotopic (exact) mass is 646 g/mol. The highest BCUT2D eigenvalue weighted by Gasteiger charge is 2.19. The van der Waals surface area contributed by atoms with Gasteiger partial charge in [-0.15, -0.1) is 6.42 Å². The lowest BCUT2D eigenvalue weighted by Crippen LogP contribution is -2.39. The topological polar surface area (TPSA) is 204 Å². The van der Waals surface area contributed by atoms with Gasteiger partial charge in [-0.2, -0.15) is 0 Å². The molecule has 0 spiro atoms. The first-order chi connectivity index (χ1) is 22.2. The molecule has 0 aliphatic carbocycles. The quantitative estimate of drug-likeness (QED) is 0.0690. The van der Waals surface area contributed by atoms with E-state index in [-0.39, 0.29) is 57.8 Å². The zero-order valence-electron chi connectivity index (χ0n) is 25.9. The van der Waals surface area contributed by atoms with Crippen molar-refractivity contribution in [3.8, 4) is 18.1 Å². The number of amides is 2. The molecule has 3 atom stereocenters. The Kier molecular flexibility index (Phi) is 21.9. The average Bonchev–Trinajstić information content (AvgIpc) is 3.07. The third-order valence-electron chi connectivity index (χ3n) is 6.33. The minimum absolute atomic E-state index is 0.00772. The molecule has 46 heavy (non-hydrogen) atoms. The maximum absolute atomic E-state index is 12.2. The summed E-state index contributed by atoms with van der Waals surface area (Å²) in [5.41, 5.74) is 1.72. The number of carbonyl (C=O) groups excluding carboxylic acids is 2. The molecule has 0 bridgehead atoms. The van der Waals surface area contributed by atoms with Crippen LogP contribution >= 0.6 is 0 Å². The van der Waals surface area contributed by atoms with Crippen molar-refractivity contribution in [2.45, 2.75) is 57.0 Å². The van der Waals surface area contributed by atoms with Gasteiger partial charge in [0.05, 0.1) is 39.0 Å². The summed E-state index contributed by atoms with van der Waals surface area (Å²) in [5.74, 6) is 0.704. The van der Waals surface area contributed by atoms with Crippen LogP contribution in [0.1, 0.15) is 36.8 Å². The number of hydrogen-bond acceptors (Lipinski definition) is 10. The Labute approximate surface area is 269 Å². The van der Waals surface area contributed by atoms with Crippen LogP contribution in [0.5, 0.6) is 5.75 Å². The normalized spacial score (nSPS) is 12.4. The number of carboxylic acids is 1. The third kappa shape index (κ3) is 20.1. The highest BCUT2D eigenvalue weighted by molar-refractivity contribution is 5.78. The van der Waals surface area contributed by atoms with Crippen LogP contribution in [0.2, 0.25) is 0 Å². The van der Waals surface area contributed by atoms with Gasteiger partial charge in [-0.1, -0.05) is 48.4 Å². The van der Waals surface area contributed by atoms with Gasteiger partial charge < -0.3 is 50.4 Å². The predicted octanol–water partition coefficient (Wildman–Crippen LogP) is 0.413. The third-order valence-corrected chi connectivity index (χ3v) is 6.33. The second kappa shape index (κ2) is 25.2. The Morgan fingerprint density at radius 1 is 0.804 bits per heavy atom. The molecule has 0 heterocycles. The van der Waals surface area contributed by atoms with E-state index >= 15 is 0 Å². The first-order valence-corrected chi connectivity index (χ1v) is 14.9. The van der Waals surface area contributed by atoms with E-state index in [9.17, 15) is 24.6 Å². The van der Waals surface area contributed by atoms with E-state index in [0.29, 0.717) is 32.2 Å². The van der Waals surface area contributed by atoms with E-state index in [0.717, 1.165) is 11.1 Å². The Balaban J connectivity index is 0.00000114. The van der Waals surface area contributed by atoms with Gasteiger partial charge in [0.25, 0.3) is 0 Å². The molecule has 2 aromatic rings. The number of aliphatic hydroxyl groups is 4. The SMILES string of the molecule is C#CCOCCOCCOc1ccc(CC(=O)NCC(O)CCC(CCC(O)C(=O)O)NC(=O)CO)cc1.OCc1ccccc1. The van der Waals surface area contributed by atoms with Crippen molar-refractivity contribution in [1.29, 1.82) is 0 Å². The molecule has 13 heteroatoms. The largest absolute Gasteiger partial charge is 0.491 e. The molecule has 2 rings (SSSR count). The molecule has 0 radical (unpaired) electrons. The summed E-state index contributed by atoms with van der Waals surface area (Å²) >= 11 is 0. The summed E-state index contributed by atoms with van der Waals surface area (Å²) in [6, 6.07) is 16.0. The lowest BCUT2D eigenvalue weighted by atomic mass is 10.0. The number of hydrogen-bond donors (Lipinski definition) is 7. The van der Waals surface area contributed by atoms with Crippen molar-refractivity contribution >= 4 is 17.8 Å². The van der Waals surface area contributed by atoms with Crippen LogP contribution < -0.4 is 15.4 Å². The van der Waals surface area contributed by atoms with E-state index in [1.54, 1.807) is 24.3 Å². The van der Waals surface area contributed by atoms with Crippen molar-refractivity contribution in [2.75, 3.05) is 46.2 Å². The van der Waals surface area contributed by atoms with Crippen LogP contribution in [-0.2, 0) is 36.9 Å².